The Labute approximate surface area is 89.4 Å². The number of nitrogens with zero attached hydrogens (tertiary/aromatic N) is 1. The fourth-order valence-electron chi connectivity index (χ4n) is 1.21. The first kappa shape index (κ1) is 11.5. The van der Waals surface area contributed by atoms with E-state index in [2.05, 4.69) is 0 Å². The van der Waals surface area contributed by atoms with Gasteiger partial charge in [-0.25, -0.2) is 0 Å². The van der Waals surface area contributed by atoms with E-state index in [4.69, 9.17) is 9.57 Å². The van der Waals surface area contributed by atoms with Crippen molar-refractivity contribution < 1.29 is 19.1 Å². The summed E-state index contributed by atoms with van der Waals surface area (Å²) in [5.41, 5.74) is 0.879. The van der Waals surface area contributed by atoms with Crippen molar-refractivity contribution in [3.05, 3.63) is 30.1 Å². The third-order valence-corrected chi connectivity index (χ3v) is 1.77. The molecule has 0 radical (unpaired) electrons. The SMILES string of the molecule is CCOC(=O)Cc1ccc[n+](OCC)c1. The van der Waals surface area contributed by atoms with E-state index in [1.807, 2.05) is 19.1 Å². The average Bonchev–Trinajstić information content (AvgIpc) is 2.19. The zero-order valence-corrected chi connectivity index (χ0v) is 9.10. The van der Waals surface area contributed by atoms with Gasteiger partial charge < -0.3 is 4.74 Å². The van der Waals surface area contributed by atoms with E-state index in [9.17, 15) is 4.79 Å². The molecule has 0 unspecified atom stereocenters. The van der Waals surface area contributed by atoms with Crippen LogP contribution in [0.3, 0.4) is 0 Å². The second kappa shape index (κ2) is 6.01. The van der Waals surface area contributed by atoms with Gasteiger partial charge >= 0.3 is 5.97 Å². The van der Waals surface area contributed by atoms with Gasteiger partial charge in [-0.1, -0.05) is 0 Å². The van der Waals surface area contributed by atoms with E-state index in [1.165, 1.54) is 0 Å². The molecule has 1 heterocycles. The average molecular weight is 210 g/mol. The number of pyridine rings is 1. The summed E-state index contributed by atoms with van der Waals surface area (Å²) in [6, 6.07) is 3.71. The summed E-state index contributed by atoms with van der Waals surface area (Å²) in [5, 5.41) is 0. The van der Waals surface area contributed by atoms with Gasteiger partial charge in [-0.2, -0.15) is 0 Å². The minimum atomic E-state index is -0.216. The van der Waals surface area contributed by atoms with Gasteiger partial charge in [-0.3, -0.25) is 9.63 Å². The molecule has 82 valence electrons. The molecule has 0 bridgehead atoms. The Bertz CT molecular complexity index is 325. The highest BCUT2D eigenvalue weighted by Gasteiger charge is 2.08. The number of aromatic nitrogens is 1. The summed E-state index contributed by atoms with van der Waals surface area (Å²) in [4.78, 5) is 16.5. The lowest BCUT2D eigenvalue weighted by atomic mass is 10.2. The Balaban J connectivity index is 2.60. The van der Waals surface area contributed by atoms with E-state index < -0.39 is 0 Å². The van der Waals surface area contributed by atoms with Crippen molar-refractivity contribution in [2.45, 2.75) is 20.3 Å². The lowest BCUT2D eigenvalue weighted by Crippen LogP contribution is -2.42. The third kappa shape index (κ3) is 3.97. The normalized spacial score (nSPS) is 9.73. The second-order valence-corrected chi connectivity index (χ2v) is 2.97. The third-order valence-electron chi connectivity index (χ3n) is 1.77. The van der Waals surface area contributed by atoms with E-state index in [0.717, 1.165) is 5.56 Å². The topological polar surface area (TPSA) is 39.4 Å². The molecule has 0 saturated carbocycles. The van der Waals surface area contributed by atoms with Crippen LogP contribution in [0, 0.1) is 0 Å². The van der Waals surface area contributed by atoms with Gasteiger partial charge in [0.1, 0.15) is 0 Å². The van der Waals surface area contributed by atoms with Crippen molar-refractivity contribution in [3.8, 4) is 0 Å². The lowest BCUT2D eigenvalue weighted by molar-refractivity contribution is -0.891. The molecule has 0 N–H and O–H groups in total. The number of hydrogen-bond acceptors (Lipinski definition) is 3. The largest absolute Gasteiger partial charge is 0.466 e. The van der Waals surface area contributed by atoms with Crippen LogP contribution in [0.1, 0.15) is 19.4 Å². The van der Waals surface area contributed by atoms with Crippen molar-refractivity contribution >= 4 is 5.97 Å². The highest BCUT2D eigenvalue weighted by Crippen LogP contribution is 1.97. The zero-order valence-electron chi connectivity index (χ0n) is 9.10. The molecule has 0 saturated heterocycles. The molecule has 0 aliphatic rings. The van der Waals surface area contributed by atoms with Crippen molar-refractivity contribution in [2.75, 3.05) is 13.2 Å². The van der Waals surface area contributed by atoms with Crippen molar-refractivity contribution in [3.63, 3.8) is 0 Å². The first-order valence-electron chi connectivity index (χ1n) is 5.05. The highest BCUT2D eigenvalue weighted by molar-refractivity contribution is 5.72. The van der Waals surface area contributed by atoms with Crippen LogP contribution in [-0.2, 0) is 16.0 Å². The maximum absolute atomic E-state index is 11.2. The molecule has 4 nitrogen and oxygen atoms in total. The fourth-order valence-corrected chi connectivity index (χ4v) is 1.21. The van der Waals surface area contributed by atoms with Crippen molar-refractivity contribution in [2.24, 2.45) is 0 Å². The van der Waals surface area contributed by atoms with E-state index >= 15 is 0 Å². The Hall–Kier alpha value is -1.58. The minimum Gasteiger partial charge on any atom is -0.466 e. The highest BCUT2D eigenvalue weighted by atomic mass is 16.7. The molecule has 0 fully saturated rings. The molecule has 0 aliphatic carbocycles. The van der Waals surface area contributed by atoms with Gasteiger partial charge in [0.2, 0.25) is 12.4 Å². The molecule has 1 aromatic rings. The van der Waals surface area contributed by atoms with Crippen LogP contribution in [0.4, 0.5) is 0 Å². The number of esters is 1. The predicted octanol–water partition coefficient (Wildman–Crippen LogP) is 0.528. The second-order valence-electron chi connectivity index (χ2n) is 2.97. The number of carbonyl (C=O) groups excluding carboxylic acids is 1. The van der Waals surface area contributed by atoms with Crippen LogP contribution in [0.15, 0.2) is 24.5 Å². The van der Waals surface area contributed by atoms with Gasteiger partial charge in [0.25, 0.3) is 0 Å². The summed E-state index contributed by atoms with van der Waals surface area (Å²) in [7, 11) is 0. The quantitative estimate of drug-likeness (QED) is 0.525. The van der Waals surface area contributed by atoms with Crippen LogP contribution in [0.2, 0.25) is 0 Å². The number of hydrogen-bond donors (Lipinski definition) is 0. The van der Waals surface area contributed by atoms with Gasteiger partial charge in [-0.05, 0) is 19.9 Å². The molecule has 1 aromatic heterocycles. The van der Waals surface area contributed by atoms with E-state index in [-0.39, 0.29) is 12.4 Å². The molecule has 0 spiro atoms. The molecule has 0 aromatic carbocycles. The number of ether oxygens (including phenoxy) is 1. The summed E-state index contributed by atoms with van der Waals surface area (Å²) in [6.07, 6.45) is 3.85. The summed E-state index contributed by atoms with van der Waals surface area (Å²) >= 11 is 0. The number of rotatable bonds is 5. The maximum Gasteiger partial charge on any atom is 0.310 e. The molecule has 1 rings (SSSR count). The smallest absolute Gasteiger partial charge is 0.310 e. The first-order valence-corrected chi connectivity index (χ1v) is 5.05. The maximum atomic E-state index is 11.2. The van der Waals surface area contributed by atoms with Gasteiger partial charge in [0.05, 0.1) is 13.0 Å². The predicted molar refractivity (Wildman–Crippen MR) is 54.1 cm³/mol. The van der Waals surface area contributed by atoms with E-state index in [0.29, 0.717) is 13.2 Å². The van der Waals surface area contributed by atoms with Crippen LogP contribution < -0.4 is 9.57 Å². The zero-order chi connectivity index (χ0) is 11.1. The van der Waals surface area contributed by atoms with Gasteiger partial charge in [0.15, 0.2) is 6.61 Å². The van der Waals surface area contributed by atoms with Crippen LogP contribution in [0.25, 0.3) is 0 Å². The van der Waals surface area contributed by atoms with Crippen molar-refractivity contribution in [1.82, 2.24) is 0 Å². The van der Waals surface area contributed by atoms with Crippen LogP contribution in [-0.4, -0.2) is 19.2 Å². The summed E-state index contributed by atoms with van der Waals surface area (Å²) < 4.78 is 6.45. The van der Waals surface area contributed by atoms with Crippen LogP contribution in [0.5, 0.6) is 0 Å². The van der Waals surface area contributed by atoms with Crippen molar-refractivity contribution in [1.29, 1.82) is 0 Å². The molecule has 0 amide bonds. The Morgan fingerprint density at radius 2 is 2.20 bits per heavy atom. The molecular formula is C11H16NO3+. The molecule has 0 atom stereocenters. The Morgan fingerprint density at radius 1 is 1.40 bits per heavy atom. The monoisotopic (exact) mass is 210 g/mol. The standard InChI is InChI=1S/C11H16NO3/c1-3-14-11(13)8-10-6-5-7-12(9-10)15-4-2/h5-7,9H,3-4,8H2,1-2H3/q+1. The van der Waals surface area contributed by atoms with E-state index in [1.54, 1.807) is 24.0 Å². The molecule has 0 aliphatic heterocycles. The lowest BCUT2D eigenvalue weighted by Gasteiger charge is -2.00. The minimum absolute atomic E-state index is 0.216. The summed E-state index contributed by atoms with van der Waals surface area (Å²) in [6.45, 7) is 4.71. The Kier molecular flexibility index (Phi) is 4.60. The summed E-state index contributed by atoms with van der Waals surface area (Å²) in [5.74, 6) is -0.216. The first-order chi connectivity index (χ1) is 7.26. The molecule has 15 heavy (non-hydrogen) atoms. The molecule has 4 heteroatoms. The molecular weight excluding hydrogens is 194 g/mol. The number of carbonyl (C=O) groups is 1. The van der Waals surface area contributed by atoms with Gasteiger partial charge in [-0.15, -0.1) is 0 Å². The fraction of sp³-hybridized carbons (Fsp3) is 0.455. The van der Waals surface area contributed by atoms with Crippen LogP contribution >= 0.6 is 0 Å². The Morgan fingerprint density at radius 3 is 2.87 bits per heavy atom. The van der Waals surface area contributed by atoms with Gasteiger partial charge in [0, 0.05) is 16.4 Å².